The van der Waals surface area contributed by atoms with Crippen LogP contribution in [-0.2, 0) is 16.0 Å². The highest BCUT2D eigenvalue weighted by molar-refractivity contribution is 6.31. The van der Waals surface area contributed by atoms with E-state index in [4.69, 9.17) is 21.3 Å². The molecule has 4 aromatic rings. The Morgan fingerprint density at radius 1 is 1.18 bits per heavy atom. The van der Waals surface area contributed by atoms with E-state index in [1.807, 2.05) is 42.6 Å². The maximum Gasteiger partial charge on any atom is 0.244 e. The molecule has 0 aliphatic rings. The number of carbonyl (C=O) groups is 2. The number of hydrogen-bond donors (Lipinski definition) is 1. The molecule has 0 bridgehead atoms. The molecule has 0 aliphatic carbocycles. The van der Waals surface area contributed by atoms with Crippen molar-refractivity contribution in [1.82, 2.24) is 19.5 Å². The van der Waals surface area contributed by atoms with Crippen molar-refractivity contribution >= 4 is 45.7 Å². The number of ether oxygens (including phenoxy) is 1. The highest BCUT2D eigenvalue weighted by Gasteiger charge is 2.18. The Balaban J connectivity index is 1.42. The van der Waals surface area contributed by atoms with Crippen molar-refractivity contribution in [2.75, 3.05) is 26.0 Å². The molecule has 1 N–H and O–H groups in total. The van der Waals surface area contributed by atoms with Crippen molar-refractivity contribution in [3.05, 3.63) is 64.4 Å². The third-order valence-electron chi connectivity index (χ3n) is 5.85. The van der Waals surface area contributed by atoms with Gasteiger partial charge in [0.15, 0.2) is 5.65 Å². The van der Waals surface area contributed by atoms with Gasteiger partial charge in [-0.2, -0.15) is 5.10 Å². The van der Waals surface area contributed by atoms with Gasteiger partial charge in [0.25, 0.3) is 0 Å². The number of amides is 2. The summed E-state index contributed by atoms with van der Waals surface area (Å²) in [6.07, 6.45) is 0.754. The molecular formula is C25H26ClN5O3. The summed E-state index contributed by atoms with van der Waals surface area (Å²) in [5.41, 5.74) is 4.96. The number of likely N-dealkylation sites (N-methyl/N-ethyl adjacent to an activating group) is 1. The van der Waals surface area contributed by atoms with E-state index < -0.39 is 0 Å². The largest absolute Gasteiger partial charge is 0.495 e. The quantitative estimate of drug-likeness (QED) is 0.429. The highest BCUT2D eigenvalue weighted by Crippen LogP contribution is 2.27. The molecule has 0 fully saturated rings. The van der Waals surface area contributed by atoms with Gasteiger partial charge in [-0.25, -0.2) is 9.50 Å². The molecule has 0 aliphatic heterocycles. The summed E-state index contributed by atoms with van der Waals surface area (Å²) in [5.74, 6) is 0.0136. The Kier molecular flexibility index (Phi) is 6.70. The van der Waals surface area contributed by atoms with Gasteiger partial charge < -0.3 is 15.0 Å². The smallest absolute Gasteiger partial charge is 0.244 e. The van der Waals surface area contributed by atoms with E-state index in [1.54, 1.807) is 25.2 Å². The second kappa shape index (κ2) is 9.69. The fourth-order valence-electron chi connectivity index (χ4n) is 4.03. The van der Waals surface area contributed by atoms with Crippen molar-refractivity contribution in [3.63, 3.8) is 0 Å². The first kappa shape index (κ1) is 23.5. The number of methoxy groups -OCH3 is 1. The van der Waals surface area contributed by atoms with Gasteiger partial charge in [-0.3, -0.25) is 9.59 Å². The lowest BCUT2D eigenvalue weighted by Gasteiger charge is -2.18. The molecule has 0 radical (unpaired) electrons. The van der Waals surface area contributed by atoms with Crippen LogP contribution < -0.4 is 10.1 Å². The molecule has 0 atom stereocenters. The van der Waals surface area contributed by atoms with Gasteiger partial charge in [0, 0.05) is 35.3 Å². The minimum Gasteiger partial charge on any atom is -0.495 e. The Labute approximate surface area is 202 Å². The number of aryl methyl sites for hydroxylation is 2. The van der Waals surface area contributed by atoms with E-state index in [9.17, 15) is 9.59 Å². The lowest BCUT2D eigenvalue weighted by atomic mass is 10.1. The zero-order valence-corrected chi connectivity index (χ0v) is 20.3. The number of halogens is 1. The van der Waals surface area contributed by atoms with Crippen molar-refractivity contribution in [3.8, 4) is 5.75 Å². The van der Waals surface area contributed by atoms with Gasteiger partial charge in [-0.15, -0.1) is 0 Å². The lowest BCUT2D eigenvalue weighted by Crippen LogP contribution is -2.35. The van der Waals surface area contributed by atoms with Crippen molar-refractivity contribution < 1.29 is 14.3 Å². The average molecular weight is 480 g/mol. The molecule has 2 aromatic heterocycles. The molecular weight excluding hydrogens is 454 g/mol. The standard InChI is InChI=1S/C25H26ClN5O3/c1-15-18(16(2)31-25(27-15)19-7-5-6-8-20(19)29-31)10-12-24(33)30(3)14-23(32)28-21-13-17(26)9-11-22(21)34-4/h5-9,11,13H,10,12,14H2,1-4H3,(H,28,32). The maximum atomic E-state index is 12.8. The number of benzene rings is 2. The van der Waals surface area contributed by atoms with Crippen LogP contribution >= 0.6 is 11.6 Å². The van der Waals surface area contributed by atoms with E-state index in [1.165, 1.54) is 12.0 Å². The summed E-state index contributed by atoms with van der Waals surface area (Å²) in [6.45, 7) is 3.85. The number of rotatable bonds is 7. The Morgan fingerprint density at radius 3 is 2.71 bits per heavy atom. The topological polar surface area (TPSA) is 88.8 Å². The summed E-state index contributed by atoms with van der Waals surface area (Å²) in [4.78, 5) is 31.4. The number of hydrogen-bond acceptors (Lipinski definition) is 5. The summed E-state index contributed by atoms with van der Waals surface area (Å²) < 4.78 is 7.09. The fourth-order valence-corrected chi connectivity index (χ4v) is 4.20. The summed E-state index contributed by atoms with van der Waals surface area (Å²) in [6, 6.07) is 12.8. The van der Waals surface area contributed by atoms with Crippen molar-refractivity contribution in [1.29, 1.82) is 0 Å². The van der Waals surface area contributed by atoms with Gasteiger partial charge in [0.05, 0.1) is 24.9 Å². The van der Waals surface area contributed by atoms with Crippen LogP contribution in [0.15, 0.2) is 42.5 Å². The van der Waals surface area contributed by atoms with E-state index in [-0.39, 0.29) is 24.8 Å². The van der Waals surface area contributed by atoms with Gasteiger partial charge in [-0.05, 0) is 56.2 Å². The van der Waals surface area contributed by atoms with E-state index in [2.05, 4.69) is 10.4 Å². The number of aromatic nitrogens is 3. The number of fused-ring (bicyclic) bond motifs is 3. The Morgan fingerprint density at radius 2 is 1.94 bits per heavy atom. The van der Waals surface area contributed by atoms with Gasteiger partial charge in [0.1, 0.15) is 5.75 Å². The molecule has 34 heavy (non-hydrogen) atoms. The lowest BCUT2D eigenvalue weighted by molar-refractivity contribution is -0.133. The van der Waals surface area contributed by atoms with Gasteiger partial charge in [0.2, 0.25) is 11.8 Å². The average Bonchev–Trinajstić information content (AvgIpc) is 3.17. The second-order valence-electron chi connectivity index (χ2n) is 8.16. The third-order valence-corrected chi connectivity index (χ3v) is 6.08. The molecule has 4 rings (SSSR count). The number of anilines is 1. The first-order valence-electron chi connectivity index (χ1n) is 10.9. The highest BCUT2D eigenvalue weighted by atomic mass is 35.5. The molecule has 0 saturated heterocycles. The predicted molar refractivity (Wildman–Crippen MR) is 133 cm³/mol. The zero-order chi connectivity index (χ0) is 24.4. The zero-order valence-electron chi connectivity index (χ0n) is 19.6. The van der Waals surface area contributed by atoms with Crippen LogP contribution in [0.25, 0.3) is 16.6 Å². The second-order valence-corrected chi connectivity index (χ2v) is 8.59. The molecule has 0 unspecified atom stereocenters. The van der Waals surface area contributed by atoms with Gasteiger partial charge >= 0.3 is 0 Å². The van der Waals surface area contributed by atoms with Gasteiger partial charge in [-0.1, -0.05) is 23.7 Å². The summed E-state index contributed by atoms with van der Waals surface area (Å²) in [5, 5.41) is 8.89. The molecule has 2 amide bonds. The Hall–Kier alpha value is -3.65. The van der Waals surface area contributed by atoms with Crippen LogP contribution in [0.4, 0.5) is 5.69 Å². The first-order valence-corrected chi connectivity index (χ1v) is 11.3. The van der Waals surface area contributed by atoms with E-state index >= 15 is 0 Å². The first-order chi connectivity index (χ1) is 16.3. The molecule has 0 saturated carbocycles. The third kappa shape index (κ3) is 4.68. The molecule has 2 aromatic carbocycles. The molecule has 176 valence electrons. The molecule has 2 heterocycles. The molecule has 8 nitrogen and oxygen atoms in total. The predicted octanol–water partition coefficient (Wildman–Crippen LogP) is 4.19. The van der Waals surface area contributed by atoms with Crippen molar-refractivity contribution in [2.24, 2.45) is 0 Å². The normalized spacial score (nSPS) is 11.1. The van der Waals surface area contributed by atoms with Crippen LogP contribution in [0.3, 0.4) is 0 Å². The maximum absolute atomic E-state index is 12.8. The minimum atomic E-state index is -0.338. The van der Waals surface area contributed by atoms with E-state index in [0.29, 0.717) is 22.9 Å². The monoisotopic (exact) mass is 479 g/mol. The van der Waals surface area contributed by atoms with Crippen LogP contribution in [0.2, 0.25) is 5.02 Å². The van der Waals surface area contributed by atoms with Crippen LogP contribution in [0, 0.1) is 13.8 Å². The number of carbonyl (C=O) groups excluding carboxylic acids is 2. The van der Waals surface area contributed by atoms with Crippen LogP contribution in [0.1, 0.15) is 23.4 Å². The summed E-state index contributed by atoms with van der Waals surface area (Å²) >= 11 is 6.02. The minimum absolute atomic E-state index is 0.0890. The SMILES string of the molecule is COc1ccc(Cl)cc1NC(=O)CN(C)C(=O)CCc1c(C)nc2c3ccccc3nn2c1C. The molecule has 0 spiro atoms. The Bertz CT molecular complexity index is 1400. The van der Waals surface area contributed by atoms with Crippen molar-refractivity contribution in [2.45, 2.75) is 26.7 Å². The fraction of sp³-hybridized carbons (Fsp3) is 0.280. The summed E-state index contributed by atoms with van der Waals surface area (Å²) in [7, 11) is 3.12. The number of nitrogens with one attached hydrogen (secondary N) is 1. The molecule has 9 heteroatoms. The van der Waals surface area contributed by atoms with Crippen LogP contribution in [0.5, 0.6) is 5.75 Å². The van der Waals surface area contributed by atoms with E-state index in [0.717, 1.165) is 33.5 Å². The van der Waals surface area contributed by atoms with Crippen LogP contribution in [-0.4, -0.2) is 52.0 Å². The number of nitrogens with zero attached hydrogens (tertiary/aromatic N) is 4.